The van der Waals surface area contributed by atoms with Gasteiger partial charge in [0.15, 0.2) is 0 Å². The summed E-state index contributed by atoms with van der Waals surface area (Å²) < 4.78 is 0.848. The monoisotopic (exact) mass is 381 g/mol. The van der Waals surface area contributed by atoms with Crippen LogP contribution in [0.1, 0.15) is 35.7 Å². The molecule has 1 heterocycles. The molecule has 2 atom stereocenters. The first-order valence-electron chi connectivity index (χ1n) is 6.78. The molecule has 116 valence electrons. The van der Waals surface area contributed by atoms with Crippen LogP contribution in [-0.2, 0) is 9.59 Å². The number of thiophene rings is 1. The average Bonchev–Trinajstić information content (AvgIpc) is 2.99. The van der Waals surface area contributed by atoms with Gasteiger partial charge in [-0.15, -0.1) is 11.3 Å². The van der Waals surface area contributed by atoms with Gasteiger partial charge in [-0.2, -0.15) is 0 Å². The summed E-state index contributed by atoms with van der Waals surface area (Å²) in [6, 6.07) is 10.6. The van der Waals surface area contributed by atoms with E-state index in [2.05, 4.69) is 21.2 Å². The number of carbonyl (C=O) groups is 2. The molecule has 1 aromatic carbocycles. The summed E-state index contributed by atoms with van der Waals surface area (Å²) in [5.41, 5.74) is 0.767. The minimum absolute atomic E-state index is 0.153. The van der Waals surface area contributed by atoms with Crippen molar-refractivity contribution in [2.45, 2.75) is 25.3 Å². The van der Waals surface area contributed by atoms with Gasteiger partial charge in [0.2, 0.25) is 5.91 Å². The van der Waals surface area contributed by atoms with Crippen molar-refractivity contribution in [2.24, 2.45) is 0 Å². The Morgan fingerprint density at radius 2 is 2.09 bits per heavy atom. The average molecular weight is 382 g/mol. The summed E-state index contributed by atoms with van der Waals surface area (Å²) in [5, 5.41) is 13.9. The topological polar surface area (TPSA) is 66.4 Å². The van der Waals surface area contributed by atoms with Crippen LogP contribution < -0.4 is 5.32 Å². The minimum atomic E-state index is -0.950. The first-order valence-corrected chi connectivity index (χ1v) is 8.45. The third-order valence-corrected chi connectivity index (χ3v) is 4.86. The van der Waals surface area contributed by atoms with Crippen LogP contribution in [-0.4, -0.2) is 17.0 Å². The van der Waals surface area contributed by atoms with Gasteiger partial charge in [-0.05, 0) is 36.1 Å². The first-order chi connectivity index (χ1) is 10.5. The molecule has 6 heteroatoms. The number of amides is 1. The van der Waals surface area contributed by atoms with E-state index in [1.165, 1.54) is 11.3 Å². The Kier molecular flexibility index (Phi) is 5.74. The Bertz CT molecular complexity index is 657. The molecule has 0 aliphatic rings. The molecule has 4 nitrogen and oxygen atoms in total. The molecule has 2 N–H and O–H groups in total. The van der Waals surface area contributed by atoms with Crippen molar-refractivity contribution >= 4 is 39.1 Å². The minimum Gasteiger partial charge on any atom is -0.481 e. The van der Waals surface area contributed by atoms with E-state index in [0.717, 1.165) is 14.9 Å². The number of halogens is 1. The third kappa shape index (κ3) is 4.42. The lowest BCUT2D eigenvalue weighted by atomic mass is 10.0. The number of hydrogen-bond donors (Lipinski definition) is 2. The number of carboxylic acid groups (broad SMARTS) is 1. The van der Waals surface area contributed by atoms with Crippen LogP contribution in [0.5, 0.6) is 0 Å². The van der Waals surface area contributed by atoms with Gasteiger partial charge in [0.25, 0.3) is 0 Å². The van der Waals surface area contributed by atoms with E-state index in [1.807, 2.05) is 48.7 Å². The number of benzene rings is 1. The molecule has 0 radical (unpaired) electrons. The second-order valence-corrected chi connectivity index (χ2v) is 6.85. The normalized spacial score (nSPS) is 13.4. The van der Waals surface area contributed by atoms with E-state index in [9.17, 15) is 9.59 Å². The standard InChI is InChI=1S/C16H16BrNO3S/c1-10(14-6-3-7-22-14)16(21)18-13(9-15(19)20)11-4-2-5-12(17)8-11/h2-8,10,13H,9H2,1H3,(H,18,21)(H,19,20). The molecule has 0 spiro atoms. The smallest absolute Gasteiger partial charge is 0.305 e. The van der Waals surface area contributed by atoms with Crippen molar-refractivity contribution < 1.29 is 14.7 Å². The molecule has 0 saturated carbocycles. The molecule has 1 aromatic heterocycles. The van der Waals surface area contributed by atoms with Crippen LogP contribution in [0.25, 0.3) is 0 Å². The number of carboxylic acids is 1. The van der Waals surface area contributed by atoms with Crippen LogP contribution >= 0.6 is 27.3 Å². The molecular weight excluding hydrogens is 366 g/mol. The number of nitrogens with one attached hydrogen (secondary N) is 1. The lowest BCUT2D eigenvalue weighted by Gasteiger charge is -2.20. The Morgan fingerprint density at radius 1 is 1.32 bits per heavy atom. The third-order valence-electron chi connectivity index (χ3n) is 3.31. The summed E-state index contributed by atoms with van der Waals surface area (Å²) in [6.45, 7) is 1.82. The highest BCUT2D eigenvalue weighted by atomic mass is 79.9. The molecule has 0 aliphatic heterocycles. The molecular formula is C16H16BrNO3S. The lowest BCUT2D eigenvalue weighted by Crippen LogP contribution is -2.33. The highest BCUT2D eigenvalue weighted by molar-refractivity contribution is 9.10. The zero-order chi connectivity index (χ0) is 16.1. The van der Waals surface area contributed by atoms with E-state index in [-0.39, 0.29) is 18.2 Å². The summed E-state index contributed by atoms with van der Waals surface area (Å²) in [4.78, 5) is 24.4. The van der Waals surface area contributed by atoms with E-state index in [0.29, 0.717) is 0 Å². The Morgan fingerprint density at radius 3 is 2.68 bits per heavy atom. The number of carbonyl (C=O) groups excluding carboxylic acids is 1. The highest BCUT2D eigenvalue weighted by Crippen LogP contribution is 2.25. The molecule has 2 aromatic rings. The van der Waals surface area contributed by atoms with Gasteiger partial charge in [0.1, 0.15) is 0 Å². The highest BCUT2D eigenvalue weighted by Gasteiger charge is 2.22. The lowest BCUT2D eigenvalue weighted by molar-refractivity contribution is -0.137. The van der Waals surface area contributed by atoms with Crippen molar-refractivity contribution in [3.05, 3.63) is 56.7 Å². The largest absolute Gasteiger partial charge is 0.481 e. The van der Waals surface area contributed by atoms with Crippen molar-refractivity contribution in [3.63, 3.8) is 0 Å². The van der Waals surface area contributed by atoms with Crippen LogP contribution in [0, 0.1) is 0 Å². The number of aliphatic carboxylic acids is 1. The fourth-order valence-electron chi connectivity index (χ4n) is 2.11. The molecule has 0 aliphatic carbocycles. The summed E-state index contributed by atoms with van der Waals surface area (Å²) in [7, 11) is 0. The Hall–Kier alpha value is -1.66. The quantitative estimate of drug-likeness (QED) is 0.795. The van der Waals surface area contributed by atoms with Gasteiger partial charge in [-0.3, -0.25) is 9.59 Å². The van der Waals surface area contributed by atoms with Crippen LogP contribution in [0.4, 0.5) is 0 Å². The fraction of sp³-hybridized carbons (Fsp3) is 0.250. The van der Waals surface area contributed by atoms with Crippen molar-refractivity contribution in [1.29, 1.82) is 0 Å². The maximum atomic E-state index is 12.4. The molecule has 0 bridgehead atoms. The van der Waals surface area contributed by atoms with Crippen molar-refractivity contribution in [1.82, 2.24) is 5.32 Å². The molecule has 1 amide bonds. The maximum Gasteiger partial charge on any atom is 0.305 e. The van der Waals surface area contributed by atoms with E-state index in [1.54, 1.807) is 0 Å². The fourth-order valence-corrected chi connectivity index (χ4v) is 3.31. The van der Waals surface area contributed by atoms with E-state index < -0.39 is 12.0 Å². The van der Waals surface area contributed by atoms with Gasteiger partial charge >= 0.3 is 5.97 Å². The number of hydrogen-bond acceptors (Lipinski definition) is 3. The van der Waals surface area contributed by atoms with Crippen LogP contribution in [0.2, 0.25) is 0 Å². The van der Waals surface area contributed by atoms with Gasteiger partial charge in [-0.25, -0.2) is 0 Å². The summed E-state index contributed by atoms with van der Waals surface area (Å²) in [5.74, 6) is -1.42. The van der Waals surface area contributed by atoms with Gasteiger partial charge in [0.05, 0.1) is 18.4 Å². The van der Waals surface area contributed by atoms with Crippen LogP contribution in [0.15, 0.2) is 46.3 Å². The zero-order valence-electron chi connectivity index (χ0n) is 12.0. The molecule has 2 rings (SSSR count). The SMILES string of the molecule is CC(C(=O)NC(CC(=O)O)c1cccc(Br)c1)c1cccs1. The Balaban J connectivity index is 2.16. The first kappa shape index (κ1) is 16.7. The van der Waals surface area contributed by atoms with Crippen LogP contribution in [0.3, 0.4) is 0 Å². The second-order valence-electron chi connectivity index (χ2n) is 4.95. The number of rotatable bonds is 6. The van der Waals surface area contributed by atoms with E-state index >= 15 is 0 Å². The predicted octanol–water partition coefficient (Wildman–Crippen LogP) is 3.95. The molecule has 0 fully saturated rings. The zero-order valence-corrected chi connectivity index (χ0v) is 14.4. The second kappa shape index (κ2) is 7.56. The summed E-state index contributed by atoms with van der Waals surface area (Å²) >= 11 is 4.88. The summed E-state index contributed by atoms with van der Waals surface area (Å²) in [6.07, 6.45) is -0.153. The predicted molar refractivity (Wildman–Crippen MR) is 90.0 cm³/mol. The van der Waals surface area contributed by atoms with E-state index in [4.69, 9.17) is 5.11 Å². The molecule has 0 saturated heterocycles. The van der Waals surface area contributed by atoms with Gasteiger partial charge < -0.3 is 10.4 Å². The molecule has 2 unspecified atom stereocenters. The van der Waals surface area contributed by atoms with Crippen molar-refractivity contribution in [3.8, 4) is 0 Å². The van der Waals surface area contributed by atoms with Gasteiger partial charge in [-0.1, -0.05) is 34.1 Å². The Labute approximate surface area is 141 Å². The van der Waals surface area contributed by atoms with Crippen molar-refractivity contribution in [2.75, 3.05) is 0 Å². The maximum absolute atomic E-state index is 12.4. The van der Waals surface area contributed by atoms with Gasteiger partial charge in [0, 0.05) is 9.35 Å². The molecule has 22 heavy (non-hydrogen) atoms.